The Bertz CT molecular complexity index is 853. The zero-order valence-corrected chi connectivity index (χ0v) is 21.0. The first-order chi connectivity index (χ1) is 16.2. The van der Waals surface area contributed by atoms with Crippen LogP contribution in [-0.2, 0) is 9.47 Å². The third-order valence-corrected chi connectivity index (χ3v) is 7.58. The van der Waals surface area contributed by atoms with Crippen LogP contribution in [0.25, 0.3) is 11.3 Å². The highest BCUT2D eigenvalue weighted by molar-refractivity contribution is 7.14. The molecule has 3 N–H and O–H groups in total. The van der Waals surface area contributed by atoms with Gasteiger partial charge in [-0.05, 0) is 57.4 Å². The average molecular weight is 494 g/mol. The Morgan fingerprint density at radius 3 is 2.73 bits per heavy atom. The molecule has 2 aliphatic rings. The third kappa shape index (κ3) is 7.52. The van der Waals surface area contributed by atoms with Gasteiger partial charge >= 0.3 is 0 Å². The number of ether oxygens (including phenoxy) is 2. The molecule has 2 fully saturated rings. The van der Waals surface area contributed by atoms with Crippen LogP contribution < -0.4 is 16.0 Å². The van der Waals surface area contributed by atoms with Gasteiger partial charge in [0.1, 0.15) is 5.82 Å². The van der Waals surface area contributed by atoms with E-state index in [1.165, 1.54) is 12.8 Å². The van der Waals surface area contributed by atoms with E-state index in [1.54, 1.807) is 17.5 Å². The molecule has 1 saturated heterocycles. The number of halogens is 1. The van der Waals surface area contributed by atoms with Crippen LogP contribution in [0, 0.1) is 5.92 Å². The lowest BCUT2D eigenvalue weighted by Gasteiger charge is -2.30. The zero-order valence-electron chi connectivity index (χ0n) is 19.4. The Kier molecular flexibility index (Phi) is 9.61. The second-order valence-electron chi connectivity index (χ2n) is 8.87. The summed E-state index contributed by atoms with van der Waals surface area (Å²) in [6.07, 6.45) is 8.54. The Morgan fingerprint density at radius 1 is 1.15 bits per heavy atom. The summed E-state index contributed by atoms with van der Waals surface area (Å²) in [5.74, 6) is 1.52. The smallest absolute Gasteiger partial charge is 0.183 e. The molecular weight excluding hydrogens is 458 g/mol. The molecule has 0 amide bonds. The molecule has 2 aromatic heterocycles. The third-order valence-electron chi connectivity index (χ3n) is 6.48. The van der Waals surface area contributed by atoms with E-state index in [-0.39, 0.29) is 0 Å². The van der Waals surface area contributed by atoms with Gasteiger partial charge in [-0.1, -0.05) is 11.6 Å². The maximum absolute atomic E-state index is 6.49. The van der Waals surface area contributed by atoms with Crippen LogP contribution in [0.2, 0.25) is 5.02 Å². The maximum atomic E-state index is 6.49. The van der Waals surface area contributed by atoms with Crippen LogP contribution in [0.3, 0.4) is 0 Å². The van der Waals surface area contributed by atoms with Crippen molar-refractivity contribution >= 4 is 33.9 Å². The van der Waals surface area contributed by atoms with E-state index >= 15 is 0 Å². The molecule has 33 heavy (non-hydrogen) atoms. The van der Waals surface area contributed by atoms with Crippen LogP contribution in [-0.4, -0.2) is 61.6 Å². The molecule has 0 spiro atoms. The number of nitrogens with one attached hydrogen (secondary N) is 3. The lowest BCUT2D eigenvalue weighted by molar-refractivity contribution is 0.0699. The predicted molar refractivity (Wildman–Crippen MR) is 137 cm³/mol. The molecule has 3 heterocycles. The SMILES string of the molecule is CCOCCNC1CCC(Nc2cc(-c3csc(NCC4CCOCC4)n3)c(Cl)cn2)CC1. The molecule has 0 unspecified atom stereocenters. The second-order valence-corrected chi connectivity index (χ2v) is 10.1. The van der Waals surface area contributed by atoms with E-state index in [1.807, 2.05) is 13.0 Å². The molecule has 2 aromatic rings. The molecule has 0 bridgehead atoms. The molecule has 1 saturated carbocycles. The van der Waals surface area contributed by atoms with Crippen molar-refractivity contribution in [3.8, 4) is 11.3 Å². The van der Waals surface area contributed by atoms with Crippen molar-refractivity contribution in [1.29, 1.82) is 0 Å². The number of thiazole rings is 1. The van der Waals surface area contributed by atoms with Gasteiger partial charge in [-0.2, -0.15) is 0 Å². The van der Waals surface area contributed by atoms with Gasteiger partial charge in [0.2, 0.25) is 0 Å². The highest BCUT2D eigenvalue weighted by Crippen LogP contribution is 2.33. The summed E-state index contributed by atoms with van der Waals surface area (Å²) in [6, 6.07) is 3.05. The first kappa shape index (κ1) is 24.7. The summed E-state index contributed by atoms with van der Waals surface area (Å²) < 4.78 is 10.9. The monoisotopic (exact) mass is 493 g/mol. The summed E-state index contributed by atoms with van der Waals surface area (Å²) in [4.78, 5) is 9.31. The summed E-state index contributed by atoms with van der Waals surface area (Å²) in [6.45, 7) is 7.20. The Morgan fingerprint density at radius 2 is 1.94 bits per heavy atom. The van der Waals surface area contributed by atoms with Crippen LogP contribution in [0.15, 0.2) is 17.6 Å². The van der Waals surface area contributed by atoms with Crippen LogP contribution in [0.1, 0.15) is 45.4 Å². The molecule has 4 rings (SSSR count). The molecular formula is C24H36ClN5O2S. The van der Waals surface area contributed by atoms with Crippen LogP contribution >= 0.6 is 22.9 Å². The van der Waals surface area contributed by atoms with Crippen molar-refractivity contribution < 1.29 is 9.47 Å². The van der Waals surface area contributed by atoms with Gasteiger partial charge in [0, 0.05) is 62.1 Å². The largest absolute Gasteiger partial charge is 0.381 e. The van der Waals surface area contributed by atoms with Gasteiger partial charge in [-0.3, -0.25) is 0 Å². The Labute approximate surface area is 206 Å². The second kappa shape index (κ2) is 12.9. The van der Waals surface area contributed by atoms with E-state index in [2.05, 4.69) is 26.3 Å². The highest BCUT2D eigenvalue weighted by Gasteiger charge is 2.21. The topological polar surface area (TPSA) is 80.3 Å². The molecule has 1 aliphatic carbocycles. The van der Waals surface area contributed by atoms with Crippen molar-refractivity contribution in [2.45, 2.75) is 57.5 Å². The fourth-order valence-corrected chi connectivity index (χ4v) is 5.43. The fourth-order valence-electron chi connectivity index (χ4n) is 4.51. The number of hydrogen-bond acceptors (Lipinski definition) is 8. The molecule has 0 atom stereocenters. The summed E-state index contributed by atoms with van der Waals surface area (Å²) in [7, 11) is 0. The summed E-state index contributed by atoms with van der Waals surface area (Å²) in [5.41, 5.74) is 1.82. The number of hydrogen-bond donors (Lipinski definition) is 3. The van der Waals surface area contributed by atoms with Gasteiger partial charge in [0.15, 0.2) is 5.13 Å². The van der Waals surface area contributed by atoms with E-state index < -0.39 is 0 Å². The average Bonchev–Trinajstić information content (AvgIpc) is 3.32. The van der Waals surface area contributed by atoms with E-state index in [0.717, 1.165) is 87.4 Å². The fraction of sp³-hybridized carbons (Fsp3) is 0.667. The van der Waals surface area contributed by atoms with Crippen molar-refractivity contribution in [3.05, 3.63) is 22.7 Å². The normalized spacial score (nSPS) is 21.8. The Balaban J connectivity index is 1.28. The molecule has 1 aliphatic heterocycles. The first-order valence-corrected chi connectivity index (χ1v) is 13.5. The summed E-state index contributed by atoms with van der Waals surface area (Å²) >= 11 is 8.12. The van der Waals surface area contributed by atoms with Gasteiger partial charge in [-0.25, -0.2) is 9.97 Å². The highest BCUT2D eigenvalue weighted by atomic mass is 35.5. The van der Waals surface area contributed by atoms with Crippen molar-refractivity contribution in [1.82, 2.24) is 15.3 Å². The number of aromatic nitrogens is 2. The maximum Gasteiger partial charge on any atom is 0.183 e. The predicted octanol–water partition coefficient (Wildman–Crippen LogP) is 5.05. The molecule has 9 heteroatoms. The van der Waals surface area contributed by atoms with E-state index in [0.29, 0.717) is 23.0 Å². The lowest BCUT2D eigenvalue weighted by Crippen LogP contribution is -2.38. The minimum Gasteiger partial charge on any atom is -0.381 e. The number of pyridine rings is 1. The number of rotatable bonds is 11. The minimum atomic E-state index is 0.434. The van der Waals surface area contributed by atoms with Gasteiger partial charge in [0.05, 0.1) is 17.3 Å². The van der Waals surface area contributed by atoms with E-state index in [4.69, 9.17) is 26.1 Å². The van der Waals surface area contributed by atoms with Crippen molar-refractivity contribution in [2.24, 2.45) is 5.92 Å². The molecule has 0 aromatic carbocycles. The van der Waals surface area contributed by atoms with E-state index in [9.17, 15) is 0 Å². The van der Waals surface area contributed by atoms with Crippen LogP contribution in [0.4, 0.5) is 10.9 Å². The molecule has 7 nitrogen and oxygen atoms in total. The minimum absolute atomic E-state index is 0.434. The van der Waals surface area contributed by atoms with Gasteiger partial charge < -0.3 is 25.4 Å². The van der Waals surface area contributed by atoms with Crippen LogP contribution in [0.5, 0.6) is 0 Å². The van der Waals surface area contributed by atoms with Crippen molar-refractivity contribution in [3.63, 3.8) is 0 Å². The van der Waals surface area contributed by atoms with Crippen molar-refractivity contribution in [2.75, 3.05) is 50.2 Å². The molecule has 0 radical (unpaired) electrons. The quantitative estimate of drug-likeness (QED) is 0.378. The molecule has 182 valence electrons. The number of nitrogens with zero attached hydrogens (tertiary/aromatic N) is 2. The standard InChI is InChI=1S/C24H36ClN5O2S/c1-2-31-12-9-26-18-3-5-19(6-4-18)29-23-13-20(21(25)15-27-23)22-16-33-24(30-22)28-14-17-7-10-32-11-8-17/h13,15-19,26H,2-12,14H2,1H3,(H,27,29)(H,28,30). The first-order valence-electron chi connectivity index (χ1n) is 12.2. The summed E-state index contributed by atoms with van der Waals surface area (Å²) in [5, 5.41) is 14.4. The number of anilines is 2. The zero-order chi connectivity index (χ0) is 22.9. The Hall–Kier alpha value is -1.45. The van der Waals surface area contributed by atoms with Gasteiger partial charge in [-0.15, -0.1) is 11.3 Å². The van der Waals surface area contributed by atoms with Gasteiger partial charge in [0.25, 0.3) is 0 Å². The lowest BCUT2D eigenvalue weighted by atomic mass is 9.91.